The SMILES string of the molecule is c1ccc(-c2ccnc(-n3c4ccccc4c4c5c6ccccc6n6c7ccccc7cc6c5ccc43)c2)cc1. The average molecular weight is 510 g/mol. The van der Waals surface area contributed by atoms with E-state index in [4.69, 9.17) is 4.98 Å². The van der Waals surface area contributed by atoms with Crippen molar-refractivity contribution in [1.29, 1.82) is 0 Å². The molecule has 0 aliphatic heterocycles. The van der Waals surface area contributed by atoms with E-state index in [1.165, 1.54) is 54.4 Å². The van der Waals surface area contributed by atoms with Gasteiger partial charge in [-0.1, -0.05) is 91.0 Å². The van der Waals surface area contributed by atoms with Gasteiger partial charge in [-0.05, 0) is 53.6 Å². The molecule has 40 heavy (non-hydrogen) atoms. The Morgan fingerprint density at radius 3 is 1.95 bits per heavy atom. The van der Waals surface area contributed by atoms with E-state index in [-0.39, 0.29) is 0 Å². The normalized spacial score (nSPS) is 12.0. The Hall–Kier alpha value is -5.41. The molecule has 0 saturated heterocycles. The van der Waals surface area contributed by atoms with Crippen LogP contribution in [0.25, 0.3) is 76.8 Å². The molecule has 5 aromatic carbocycles. The van der Waals surface area contributed by atoms with Crippen LogP contribution in [0.3, 0.4) is 0 Å². The van der Waals surface area contributed by atoms with E-state index >= 15 is 0 Å². The number of pyridine rings is 2. The van der Waals surface area contributed by atoms with Crippen LogP contribution in [0.5, 0.6) is 0 Å². The minimum absolute atomic E-state index is 0.922. The lowest BCUT2D eigenvalue weighted by atomic mass is 9.99. The van der Waals surface area contributed by atoms with Crippen molar-refractivity contribution >= 4 is 59.9 Å². The Labute approximate surface area is 230 Å². The molecule has 9 rings (SSSR count). The van der Waals surface area contributed by atoms with Crippen LogP contribution < -0.4 is 0 Å². The Morgan fingerprint density at radius 2 is 1.10 bits per heavy atom. The highest BCUT2D eigenvalue weighted by Crippen LogP contribution is 2.42. The van der Waals surface area contributed by atoms with E-state index in [1.807, 2.05) is 6.20 Å². The zero-order valence-corrected chi connectivity index (χ0v) is 21.6. The van der Waals surface area contributed by atoms with E-state index in [0.717, 1.165) is 22.4 Å². The molecule has 3 nitrogen and oxygen atoms in total. The maximum Gasteiger partial charge on any atom is 0.138 e. The van der Waals surface area contributed by atoms with Crippen molar-refractivity contribution in [2.75, 3.05) is 0 Å². The number of fused-ring (bicyclic) bond motifs is 12. The van der Waals surface area contributed by atoms with Crippen LogP contribution in [-0.4, -0.2) is 14.0 Å². The number of hydrogen-bond donors (Lipinski definition) is 0. The highest BCUT2D eigenvalue weighted by Gasteiger charge is 2.20. The zero-order valence-electron chi connectivity index (χ0n) is 21.6. The Kier molecular flexibility index (Phi) is 4.33. The van der Waals surface area contributed by atoms with Crippen LogP contribution in [0.4, 0.5) is 0 Å². The van der Waals surface area contributed by atoms with E-state index in [2.05, 4.69) is 142 Å². The maximum absolute atomic E-state index is 4.89. The van der Waals surface area contributed by atoms with Gasteiger partial charge in [-0.15, -0.1) is 0 Å². The van der Waals surface area contributed by atoms with Crippen LogP contribution in [0.15, 0.2) is 140 Å². The first-order valence-corrected chi connectivity index (χ1v) is 13.7. The van der Waals surface area contributed by atoms with Crippen molar-refractivity contribution in [3.8, 4) is 16.9 Å². The predicted molar refractivity (Wildman–Crippen MR) is 167 cm³/mol. The average Bonchev–Trinajstić information content (AvgIpc) is 3.58. The molecular weight excluding hydrogens is 486 g/mol. The van der Waals surface area contributed by atoms with Gasteiger partial charge in [0.15, 0.2) is 0 Å². The lowest BCUT2D eigenvalue weighted by Crippen LogP contribution is -1.97. The second-order valence-corrected chi connectivity index (χ2v) is 10.4. The van der Waals surface area contributed by atoms with Crippen molar-refractivity contribution in [2.45, 2.75) is 0 Å². The number of nitrogens with zero attached hydrogens (tertiary/aromatic N) is 3. The van der Waals surface area contributed by atoms with Crippen molar-refractivity contribution in [3.05, 3.63) is 140 Å². The van der Waals surface area contributed by atoms with Crippen LogP contribution in [-0.2, 0) is 0 Å². The molecule has 0 unspecified atom stereocenters. The summed E-state index contributed by atoms with van der Waals surface area (Å²) in [6, 6.07) is 47.9. The van der Waals surface area contributed by atoms with Crippen LogP contribution in [0, 0.1) is 0 Å². The molecule has 0 radical (unpaired) electrons. The second kappa shape index (κ2) is 8.05. The topological polar surface area (TPSA) is 22.2 Å². The molecule has 3 heteroatoms. The predicted octanol–water partition coefficient (Wildman–Crippen LogP) is 9.56. The number of hydrogen-bond acceptors (Lipinski definition) is 1. The van der Waals surface area contributed by atoms with Gasteiger partial charge in [-0.25, -0.2) is 4.98 Å². The summed E-state index contributed by atoms with van der Waals surface area (Å²) in [5.41, 5.74) is 8.36. The summed E-state index contributed by atoms with van der Waals surface area (Å²) < 4.78 is 4.74. The van der Waals surface area contributed by atoms with Crippen molar-refractivity contribution in [1.82, 2.24) is 14.0 Å². The quantitative estimate of drug-likeness (QED) is 0.213. The first-order chi connectivity index (χ1) is 19.9. The van der Waals surface area contributed by atoms with Gasteiger partial charge >= 0.3 is 0 Å². The number of rotatable bonds is 2. The zero-order chi connectivity index (χ0) is 26.2. The standard InChI is InChI=1S/C37H23N3/c1-2-10-24(11-3-1)25-20-21-38-35(23-25)40-32-17-9-6-14-28(32)37-33(40)19-18-29-34-22-26-12-4-7-15-30(26)39(34)31-16-8-5-13-27(31)36(29)37/h1-23H. The fourth-order valence-electron chi connectivity index (χ4n) is 6.64. The third kappa shape index (κ3) is 2.86. The lowest BCUT2D eigenvalue weighted by Gasteiger charge is -2.12. The molecule has 0 amide bonds. The van der Waals surface area contributed by atoms with E-state index < -0.39 is 0 Å². The molecule has 0 N–H and O–H groups in total. The molecule has 0 aliphatic rings. The van der Waals surface area contributed by atoms with Crippen LogP contribution >= 0.6 is 0 Å². The van der Waals surface area contributed by atoms with Gasteiger partial charge in [0.1, 0.15) is 5.82 Å². The monoisotopic (exact) mass is 509 g/mol. The van der Waals surface area contributed by atoms with Gasteiger partial charge in [0, 0.05) is 38.5 Å². The van der Waals surface area contributed by atoms with E-state index in [9.17, 15) is 0 Å². The molecular formula is C37H23N3. The lowest BCUT2D eigenvalue weighted by molar-refractivity contribution is 1.08. The van der Waals surface area contributed by atoms with Crippen molar-refractivity contribution in [3.63, 3.8) is 0 Å². The van der Waals surface area contributed by atoms with Gasteiger partial charge in [-0.2, -0.15) is 0 Å². The third-order valence-electron chi connectivity index (χ3n) is 8.32. The largest absolute Gasteiger partial charge is 0.309 e. The molecule has 0 bridgehead atoms. The molecule has 0 saturated carbocycles. The maximum atomic E-state index is 4.89. The van der Waals surface area contributed by atoms with Gasteiger partial charge < -0.3 is 4.40 Å². The molecule has 4 heterocycles. The van der Waals surface area contributed by atoms with Gasteiger partial charge in [0.05, 0.1) is 27.6 Å². The summed E-state index contributed by atoms with van der Waals surface area (Å²) >= 11 is 0. The molecule has 0 aliphatic carbocycles. The van der Waals surface area contributed by atoms with Crippen LogP contribution in [0.1, 0.15) is 0 Å². The van der Waals surface area contributed by atoms with E-state index in [1.54, 1.807) is 0 Å². The minimum atomic E-state index is 0.922. The summed E-state index contributed by atoms with van der Waals surface area (Å²) in [7, 11) is 0. The van der Waals surface area contributed by atoms with Gasteiger partial charge in [-0.3, -0.25) is 4.57 Å². The Morgan fingerprint density at radius 1 is 0.425 bits per heavy atom. The molecule has 0 fully saturated rings. The third-order valence-corrected chi connectivity index (χ3v) is 8.32. The number of benzene rings is 5. The summed E-state index contributed by atoms with van der Waals surface area (Å²) in [5, 5.41) is 7.56. The summed E-state index contributed by atoms with van der Waals surface area (Å²) in [6.45, 7) is 0. The minimum Gasteiger partial charge on any atom is -0.309 e. The summed E-state index contributed by atoms with van der Waals surface area (Å²) in [6.07, 6.45) is 1.92. The molecule has 9 aromatic rings. The first-order valence-electron chi connectivity index (χ1n) is 13.7. The smallest absolute Gasteiger partial charge is 0.138 e. The summed E-state index contributed by atoms with van der Waals surface area (Å²) in [4.78, 5) is 4.89. The molecule has 4 aromatic heterocycles. The molecule has 0 spiro atoms. The molecule has 0 atom stereocenters. The van der Waals surface area contributed by atoms with Gasteiger partial charge in [0.2, 0.25) is 0 Å². The number of para-hydroxylation sites is 3. The van der Waals surface area contributed by atoms with Crippen LogP contribution in [0.2, 0.25) is 0 Å². The molecule has 186 valence electrons. The second-order valence-electron chi connectivity index (χ2n) is 10.4. The Balaban J connectivity index is 1.47. The summed E-state index contributed by atoms with van der Waals surface area (Å²) in [5.74, 6) is 0.922. The number of aromatic nitrogens is 3. The first kappa shape index (κ1) is 21.5. The van der Waals surface area contributed by atoms with E-state index in [0.29, 0.717) is 0 Å². The van der Waals surface area contributed by atoms with Gasteiger partial charge in [0.25, 0.3) is 0 Å². The highest BCUT2D eigenvalue weighted by atomic mass is 15.1. The van der Waals surface area contributed by atoms with Crippen molar-refractivity contribution < 1.29 is 0 Å². The fraction of sp³-hybridized carbons (Fsp3) is 0. The highest BCUT2D eigenvalue weighted by molar-refractivity contribution is 6.31. The Bertz CT molecular complexity index is 2430. The van der Waals surface area contributed by atoms with Crippen molar-refractivity contribution in [2.24, 2.45) is 0 Å². The fourth-order valence-corrected chi connectivity index (χ4v) is 6.64.